The van der Waals surface area contributed by atoms with E-state index in [9.17, 15) is 9.59 Å². The summed E-state index contributed by atoms with van der Waals surface area (Å²) in [6.07, 6.45) is 0. The zero-order valence-corrected chi connectivity index (χ0v) is 14.4. The second-order valence-corrected chi connectivity index (χ2v) is 5.58. The lowest BCUT2D eigenvalue weighted by molar-refractivity contribution is -0.140. The minimum Gasteiger partial charge on any atom is -0.496 e. The van der Waals surface area contributed by atoms with Crippen molar-refractivity contribution in [2.24, 2.45) is 5.16 Å². The highest BCUT2D eigenvalue weighted by molar-refractivity contribution is 6.52. The lowest BCUT2D eigenvalue weighted by Crippen LogP contribution is -2.17. The number of ether oxygens (including phenoxy) is 1. The molecule has 0 fully saturated rings. The standard InChI is InChI=1S/C21H17NO4/c1-14(23)26-22-20(15-8-4-3-5-9-15)21(24)18-12-13-19(25-2)17-11-7-6-10-16(17)18/h3-13H,1-2H3/b22-20+. The van der Waals surface area contributed by atoms with Crippen LogP contribution in [0.4, 0.5) is 0 Å². The van der Waals surface area contributed by atoms with E-state index in [1.165, 1.54) is 6.92 Å². The summed E-state index contributed by atoms with van der Waals surface area (Å²) in [4.78, 5) is 29.1. The Labute approximate surface area is 150 Å². The van der Waals surface area contributed by atoms with Crippen LogP contribution in [0, 0.1) is 0 Å². The number of carbonyl (C=O) groups is 2. The number of ketones is 1. The molecule has 0 saturated heterocycles. The van der Waals surface area contributed by atoms with Crippen molar-refractivity contribution in [3.63, 3.8) is 0 Å². The van der Waals surface area contributed by atoms with Gasteiger partial charge in [-0.25, -0.2) is 4.79 Å². The number of nitrogens with zero attached hydrogens (tertiary/aromatic N) is 1. The van der Waals surface area contributed by atoms with Crippen molar-refractivity contribution in [2.75, 3.05) is 7.11 Å². The fourth-order valence-corrected chi connectivity index (χ4v) is 2.71. The Morgan fingerprint density at radius 3 is 2.15 bits per heavy atom. The fourth-order valence-electron chi connectivity index (χ4n) is 2.71. The predicted molar refractivity (Wildman–Crippen MR) is 99.6 cm³/mol. The molecule has 0 atom stereocenters. The summed E-state index contributed by atoms with van der Waals surface area (Å²) >= 11 is 0. The van der Waals surface area contributed by atoms with Crippen LogP contribution in [-0.2, 0) is 9.63 Å². The highest BCUT2D eigenvalue weighted by Crippen LogP contribution is 2.29. The van der Waals surface area contributed by atoms with E-state index in [-0.39, 0.29) is 11.5 Å². The van der Waals surface area contributed by atoms with Gasteiger partial charge in [-0.05, 0) is 17.5 Å². The van der Waals surface area contributed by atoms with Crippen molar-refractivity contribution in [2.45, 2.75) is 6.92 Å². The number of hydrogen-bond donors (Lipinski definition) is 0. The summed E-state index contributed by atoms with van der Waals surface area (Å²) in [5, 5.41) is 5.36. The molecule has 0 unspecified atom stereocenters. The molecular weight excluding hydrogens is 330 g/mol. The number of methoxy groups -OCH3 is 1. The first-order chi connectivity index (χ1) is 12.6. The first-order valence-corrected chi connectivity index (χ1v) is 8.03. The number of fused-ring (bicyclic) bond motifs is 1. The molecule has 5 heteroatoms. The molecule has 3 rings (SSSR count). The molecule has 3 aromatic carbocycles. The van der Waals surface area contributed by atoms with Crippen molar-refractivity contribution in [1.29, 1.82) is 0 Å². The van der Waals surface area contributed by atoms with E-state index in [2.05, 4.69) is 5.16 Å². The van der Waals surface area contributed by atoms with Crippen LogP contribution >= 0.6 is 0 Å². The third-order valence-electron chi connectivity index (χ3n) is 3.88. The lowest BCUT2D eigenvalue weighted by Gasteiger charge is -2.11. The van der Waals surface area contributed by atoms with Gasteiger partial charge in [-0.1, -0.05) is 59.8 Å². The molecule has 0 aliphatic heterocycles. The first-order valence-electron chi connectivity index (χ1n) is 8.03. The van der Waals surface area contributed by atoms with Gasteiger partial charge in [0, 0.05) is 23.4 Å². The number of Topliss-reactive ketones (excluding diaryl/α,β-unsaturated/α-hetero) is 1. The minimum atomic E-state index is -0.592. The molecule has 0 N–H and O–H groups in total. The SMILES string of the molecule is COc1ccc(C(=O)/C(=N/OC(C)=O)c2ccccc2)c2ccccc12. The molecule has 26 heavy (non-hydrogen) atoms. The largest absolute Gasteiger partial charge is 0.496 e. The molecule has 0 aromatic heterocycles. The van der Waals surface area contributed by atoms with Crippen molar-refractivity contribution >= 4 is 28.2 Å². The Morgan fingerprint density at radius 2 is 1.50 bits per heavy atom. The third-order valence-corrected chi connectivity index (χ3v) is 3.88. The lowest BCUT2D eigenvalue weighted by atomic mass is 9.95. The Kier molecular flexibility index (Phi) is 5.08. The van der Waals surface area contributed by atoms with Gasteiger partial charge in [0.05, 0.1) is 7.11 Å². The number of carbonyl (C=O) groups excluding carboxylic acids is 2. The number of hydrogen-bond acceptors (Lipinski definition) is 5. The third kappa shape index (κ3) is 3.47. The van der Waals surface area contributed by atoms with E-state index >= 15 is 0 Å². The Morgan fingerprint density at radius 1 is 0.846 bits per heavy atom. The first kappa shape index (κ1) is 17.4. The molecule has 0 amide bonds. The van der Waals surface area contributed by atoms with Gasteiger partial charge in [-0.3, -0.25) is 4.79 Å². The maximum absolute atomic E-state index is 13.2. The Hall–Kier alpha value is -3.47. The van der Waals surface area contributed by atoms with Crippen molar-refractivity contribution in [3.8, 4) is 5.75 Å². The van der Waals surface area contributed by atoms with E-state index in [0.717, 1.165) is 10.8 Å². The summed E-state index contributed by atoms with van der Waals surface area (Å²) in [5.74, 6) is -0.252. The smallest absolute Gasteiger partial charge is 0.332 e. The molecule has 3 aromatic rings. The fraction of sp³-hybridized carbons (Fsp3) is 0.0952. The van der Waals surface area contributed by atoms with E-state index < -0.39 is 5.97 Å². The van der Waals surface area contributed by atoms with E-state index in [1.807, 2.05) is 30.3 Å². The predicted octanol–water partition coefficient (Wildman–Crippen LogP) is 4.00. The Balaban J connectivity index is 2.15. The average Bonchev–Trinajstić information content (AvgIpc) is 2.67. The highest BCUT2D eigenvalue weighted by Gasteiger charge is 2.21. The molecule has 0 saturated carbocycles. The van der Waals surface area contributed by atoms with Crippen LogP contribution in [-0.4, -0.2) is 24.6 Å². The summed E-state index contributed by atoms with van der Waals surface area (Å²) < 4.78 is 5.38. The van der Waals surface area contributed by atoms with Crippen LogP contribution in [0.2, 0.25) is 0 Å². The summed E-state index contributed by atoms with van der Waals surface area (Å²) in [6.45, 7) is 1.24. The van der Waals surface area contributed by atoms with Gasteiger partial charge in [0.25, 0.3) is 0 Å². The molecular formula is C21H17NO4. The van der Waals surface area contributed by atoms with Crippen molar-refractivity contribution < 1.29 is 19.2 Å². The molecule has 0 aliphatic carbocycles. The van der Waals surface area contributed by atoms with Crippen LogP contribution in [0.5, 0.6) is 5.75 Å². The zero-order chi connectivity index (χ0) is 18.5. The topological polar surface area (TPSA) is 65.0 Å². The highest BCUT2D eigenvalue weighted by atomic mass is 16.7. The van der Waals surface area contributed by atoms with Crippen LogP contribution in [0.25, 0.3) is 10.8 Å². The van der Waals surface area contributed by atoms with Crippen LogP contribution in [0.3, 0.4) is 0 Å². The van der Waals surface area contributed by atoms with E-state index in [4.69, 9.17) is 9.57 Å². The molecule has 5 nitrogen and oxygen atoms in total. The summed E-state index contributed by atoms with van der Waals surface area (Å²) in [5.41, 5.74) is 1.09. The van der Waals surface area contributed by atoms with Crippen molar-refractivity contribution in [3.05, 3.63) is 77.9 Å². The second-order valence-electron chi connectivity index (χ2n) is 5.58. The molecule has 0 spiro atoms. The number of oxime groups is 1. The van der Waals surface area contributed by atoms with Gasteiger partial charge in [0.2, 0.25) is 5.78 Å². The van der Waals surface area contributed by atoms with Gasteiger partial charge in [-0.2, -0.15) is 0 Å². The maximum Gasteiger partial charge on any atom is 0.332 e. The Bertz CT molecular complexity index is 993. The van der Waals surface area contributed by atoms with E-state index in [1.54, 1.807) is 43.5 Å². The van der Waals surface area contributed by atoms with Gasteiger partial charge in [-0.15, -0.1) is 0 Å². The molecule has 0 aliphatic rings. The molecule has 130 valence electrons. The van der Waals surface area contributed by atoms with Crippen molar-refractivity contribution in [1.82, 2.24) is 0 Å². The molecule has 0 heterocycles. The van der Waals surface area contributed by atoms with Crippen LogP contribution in [0.1, 0.15) is 22.8 Å². The van der Waals surface area contributed by atoms with E-state index in [0.29, 0.717) is 16.9 Å². The molecule has 0 bridgehead atoms. The zero-order valence-electron chi connectivity index (χ0n) is 14.4. The normalized spacial score (nSPS) is 11.2. The summed E-state index contributed by atoms with van der Waals surface area (Å²) in [6, 6.07) is 19.8. The van der Waals surface area contributed by atoms with Gasteiger partial charge < -0.3 is 9.57 Å². The van der Waals surface area contributed by atoms with Gasteiger partial charge >= 0.3 is 5.97 Å². The minimum absolute atomic E-state index is 0.0659. The average molecular weight is 347 g/mol. The maximum atomic E-state index is 13.2. The monoisotopic (exact) mass is 347 g/mol. The van der Waals surface area contributed by atoms with Crippen LogP contribution < -0.4 is 4.74 Å². The molecule has 0 radical (unpaired) electrons. The van der Waals surface area contributed by atoms with Gasteiger partial charge in [0.1, 0.15) is 5.75 Å². The second kappa shape index (κ2) is 7.61. The van der Waals surface area contributed by atoms with Crippen LogP contribution in [0.15, 0.2) is 71.9 Å². The quantitative estimate of drug-likeness (QED) is 0.303. The number of rotatable bonds is 5. The van der Waals surface area contributed by atoms with Gasteiger partial charge in [0.15, 0.2) is 5.71 Å². The number of benzene rings is 3. The summed E-state index contributed by atoms with van der Waals surface area (Å²) in [7, 11) is 1.58.